The molecule has 0 amide bonds. The molecule has 0 spiro atoms. The van der Waals surface area contributed by atoms with Crippen LogP contribution in [0.5, 0.6) is 11.5 Å². The zero-order chi connectivity index (χ0) is 15.4. The van der Waals surface area contributed by atoms with E-state index in [9.17, 15) is 0 Å². The van der Waals surface area contributed by atoms with Gasteiger partial charge < -0.3 is 18.8 Å². The van der Waals surface area contributed by atoms with Gasteiger partial charge in [0.05, 0.1) is 20.2 Å². The molecule has 0 aliphatic carbocycles. The molecular weight excluding hydrogens is 302 g/mol. The number of aromatic nitrogens is 2. The average molecular weight is 322 g/mol. The second-order valence-corrected chi connectivity index (χ2v) is 5.69. The second kappa shape index (κ2) is 6.93. The molecule has 0 radical (unpaired) electrons. The van der Waals surface area contributed by atoms with E-state index < -0.39 is 0 Å². The number of ether oxygens (including phenoxy) is 2. The number of likely N-dealkylation sites (tertiary alicyclic amines) is 1. The van der Waals surface area contributed by atoms with Crippen LogP contribution in [0.3, 0.4) is 0 Å². The fourth-order valence-electron chi connectivity index (χ4n) is 2.57. The van der Waals surface area contributed by atoms with Crippen LogP contribution in [0.25, 0.3) is 0 Å². The van der Waals surface area contributed by atoms with Crippen molar-refractivity contribution in [2.45, 2.75) is 26.1 Å². The molecule has 1 aromatic carbocycles. The second-order valence-electron chi connectivity index (χ2n) is 5.34. The normalized spacial score (nSPS) is 15.1. The first-order chi connectivity index (χ1) is 10.7. The number of benzene rings is 1. The highest BCUT2D eigenvalue weighted by molar-refractivity contribution is 7.71. The van der Waals surface area contributed by atoms with Crippen LogP contribution >= 0.6 is 12.2 Å². The highest BCUT2D eigenvalue weighted by Crippen LogP contribution is 2.17. The van der Waals surface area contributed by atoms with Crippen molar-refractivity contribution < 1.29 is 18.8 Å². The summed E-state index contributed by atoms with van der Waals surface area (Å²) in [4.78, 5) is 1.90. The fourth-order valence-corrected chi connectivity index (χ4v) is 2.77. The quantitative estimate of drug-likeness (QED) is 0.816. The lowest BCUT2D eigenvalue weighted by Crippen LogP contribution is -3.09. The van der Waals surface area contributed by atoms with Gasteiger partial charge in [0, 0.05) is 12.8 Å². The van der Waals surface area contributed by atoms with E-state index in [1.165, 1.54) is 30.8 Å². The van der Waals surface area contributed by atoms with E-state index >= 15 is 0 Å². The summed E-state index contributed by atoms with van der Waals surface area (Å²) in [6.07, 6.45) is 2.54. The summed E-state index contributed by atoms with van der Waals surface area (Å²) in [6, 6.07) is 7.39. The molecule has 1 aliphatic rings. The lowest BCUT2D eigenvalue weighted by Gasteiger charge is -2.10. The lowest BCUT2D eigenvalue weighted by molar-refractivity contribution is -0.911. The molecule has 0 saturated carbocycles. The maximum absolute atomic E-state index is 5.65. The Morgan fingerprint density at radius 1 is 1.23 bits per heavy atom. The molecule has 7 heteroatoms. The number of quaternary nitrogens is 1. The van der Waals surface area contributed by atoms with Crippen LogP contribution in [0.2, 0.25) is 0 Å². The van der Waals surface area contributed by atoms with Gasteiger partial charge in [0.25, 0.3) is 10.7 Å². The van der Waals surface area contributed by atoms with E-state index in [0.29, 0.717) is 10.7 Å². The molecular formula is C15H20N3O3S+. The van der Waals surface area contributed by atoms with Gasteiger partial charge in [-0.2, -0.15) is 4.68 Å². The predicted molar refractivity (Wildman–Crippen MR) is 82.6 cm³/mol. The zero-order valence-corrected chi connectivity index (χ0v) is 13.4. The molecule has 0 bridgehead atoms. The number of hydrogen-bond acceptors (Lipinski definition) is 5. The van der Waals surface area contributed by atoms with Crippen LogP contribution in [0.4, 0.5) is 0 Å². The molecule has 3 rings (SSSR count). The van der Waals surface area contributed by atoms with Gasteiger partial charge >= 0.3 is 0 Å². The summed E-state index contributed by atoms with van der Waals surface area (Å²) in [5.41, 5.74) is 0. The first kappa shape index (κ1) is 15.1. The van der Waals surface area contributed by atoms with Crippen LogP contribution in [0.15, 0.2) is 28.7 Å². The predicted octanol–water partition coefficient (Wildman–Crippen LogP) is 1.43. The van der Waals surface area contributed by atoms with E-state index in [-0.39, 0.29) is 6.61 Å². The standard InChI is InChI=1S/C15H19N3O3S/c1-19-12-4-6-13(7-5-12)20-10-14-16-18(15(22)21-14)11-17-8-2-3-9-17/h4-7H,2-3,8-11H2,1H3/p+1. The molecule has 118 valence electrons. The minimum Gasteiger partial charge on any atom is -0.497 e. The number of nitrogens with one attached hydrogen (secondary N) is 1. The summed E-state index contributed by atoms with van der Waals surface area (Å²) in [5.74, 6) is 2.03. The minimum atomic E-state index is 0.262. The van der Waals surface area contributed by atoms with Crippen molar-refractivity contribution in [2.75, 3.05) is 20.2 Å². The van der Waals surface area contributed by atoms with E-state index in [4.69, 9.17) is 26.1 Å². The van der Waals surface area contributed by atoms with Crippen molar-refractivity contribution in [1.82, 2.24) is 9.78 Å². The molecule has 1 saturated heterocycles. The molecule has 6 nitrogen and oxygen atoms in total. The molecule has 2 heterocycles. The van der Waals surface area contributed by atoms with Crippen molar-refractivity contribution in [3.8, 4) is 11.5 Å². The van der Waals surface area contributed by atoms with Crippen LogP contribution in [0, 0.1) is 4.84 Å². The summed E-state index contributed by atoms with van der Waals surface area (Å²) in [6.45, 7) is 3.38. The minimum absolute atomic E-state index is 0.262. The van der Waals surface area contributed by atoms with Crippen LogP contribution in [0.1, 0.15) is 18.7 Å². The third-order valence-corrected chi connectivity index (χ3v) is 4.05. The van der Waals surface area contributed by atoms with Gasteiger partial charge in [-0.3, -0.25) is 0 Å². The van der Waals surface area contributed by atoms with Gasteiger partial charge in [-0.05, 0) is 36.5 Å². The molecule has 0 unspecified atom stereocenters. The Hall–Kier alpha value is -1.86. The molecule has 1 aromatic heterocycles. The van der Waals surface area contributed by atoms with Gasteiger partial charge in [-0.25, -0.2) is 0 Å². The van der Waals surface area contributed by atoms with Crippen LogP contribution in [-0.2, 0) is 13.3 Å². The Morgan fingerprint density at radius 3 is 2.59 bits per heavy atom. The topological polar surface area (TPSA) is 53.9 Å². The zero-order valence-electron chi connectivity index (χ0n) is 12.6. The van der Waals surface area contributed by atoms with Crippen LogP contribution in [-0.4, -0.2) is 30.0 Å². The SMILES string of the molecule is COc1ccc(OCc2nn(C[NH+]3CCCC3)c(=S)o2)cc1. The van der Waals surface area contributed by atoms with Crippen molar-refractivity contribution in [3.05, 3.63) is 35.0 Å². The number of rotatable bonds is 6. The van der Waals surface area contributed by atoms with E-state index in [1.54, 1.807) is 11.8 Å². The first-order valence-electron chi connectivity index (χ1n) is 7.42. The highest BCUT2D eigenvalue weighted by Gasteiger charge is 2.17. The van der Waals surface area contributed by atoms with Gasteiger partial charge in [0.15, 0.2) is 13.3 Å². The lowest BCUT2D eigenvalue weighted by atomic mass is 10.3. The Bertz CT molecular complexity index is 659. The van der Waals surface area contributed by atoms with E-state index in [1.807, 2.05) is 24.3 Å². The molecule has 22 heavy (non-hydrogen) atoms. The summed E-state index contributed by atoms with van der Waals surface area (Å²) in [7, 11) is 1.63. The number of hydrogen-bond donors (Lipinski definition) is 1. The number of nitrogens with zero attached hydrogens (tertiary/aromatic N) is 2. The van der Waals surface area contributed by atoms with Gasteiger partial charge in [-0.1, -0.05) is 0 Å². The molecule has 1 N–H and O–H groups in total. The average Bonchev–Trinajstić information content (AvgIpc) is 3.17. The van der Waals surface area contributed by atoms with Gasteiger partial charge in [0.1, 0.15) is 11.5 Å². The van der Waals surface area contributed by atoms with Crippen LogP contribution < -0.4 is 14.4 Å². The maximum atomic E-state index is 5.65. The molecule has 0 atom stereocenters. The van der Waals surface area contributed by atoms with Gasteiger partial charge in [-0.15, -0.1) is 5.10 Å². The molecule has 1 aliphatic heterocycles. The smallest absolute Gasteiger partial charge is 0.291 e. The third kappa shape index (κ3) is 3.66. The van der Waals surface area contributed by atoms with E-state index in [0.717, 1.165) is 18.2 Å². The Morgan fingerprint density at radius 2 is 1.91 bits per heavy atom. The fraction of sp³-hybridized carbons (Fsp3) is 0.467. The van der Waals surface area contributed by atoms with Crippen molar-refractivity contribution in [1.29, 1.82) is 0 Å². The largest absolute Gasteiger partial charge is 0.497 e. The highest BCUT2D eigenvalue weighted by atomic mass is 32.1. The Labute approximate surface area is 134 Å². The van der Waals surface area contributed by atoms with Crippen molar-refractivity contribution in [2.24, 2.45) is 0 Å². The molecule has 2 aromatic rings. The summed E-state index contributed by atoms with van der Waals surface area (Å²) in [5, 5.41) is 4.40. The third-order valence-electron chi connectivity index (χ3n) is 3.75. The first-order valence-corrected chi connectivity index (χ1v) is 7.82. The maximum Gasteiger partial charge on any atom is 0.291 e. The van der Waals surface area contributed by atoms with Gasteiger partial charge in [0.2, 0.25) is 0 Å². The number of methoxy groups -OCH3 is 1. The summed E-state index contributed by atoms with van der Waals surface area (Å²) >= 11 is 5.22. The summed E-state index contributed by atoms with van der Waals surface area (Å²) < 4.78 is 18.0. The van der Waals surface area contributed by atoms with Crippen molar-refractivity contribution >= 4 is 12.2 Å². The van der Waals surface area contributed by atoms with E-state index in [2.05, 4.69) is 5.10 Å². The molecule has 1 fully saturated rings. The Balaban J connectivity index is 1.59. The monoisotopic (exact) mass is 322 g/mol. The van der Waals surface area contributed by atoms with Crippen molar-refractivity contribution in [3.63, 3.8) is 0 Å². The Kier molecular flexibility index (Phi) is 4.74.